The highest BCUT2D eigenvalue weighted by Gasteiger charge is 2.06. The van der Waals surface area contributed by atoms with Gasteiger partial charge in [-0.25, -0.2) is 9.67 Å². The van der Waals surface area contributed by atoms with Crippen LogP contribution in [0.4, 0.5) is 0 Å². The van der Waals surface area contributed by atoms with E-state index in [1.807, 2.05) is 14.1 Å². The van der Waals surface area contributed by atoms with Gasteiger partial charge in [0.15, 0.2) is 5.16 Å². The highest BCUT2D eigenvalue weighted by atomic mass is 32.2. The van der Waals surface area contributed by atoms with Crippen molar-refractivity contribution in [3.8, 4) is 0 Å². The van der Waals surface area contributed by atoms with Crippen LogP contribution in [0.3, 0.4) is 0 Å². The van der Waals surface area contributed by atoms with Gasteiger partial charge in [-0.3, -0.25) is 0 Å². The molecule has 4 nitrogen and oxygen atoms in total. The summed E-state index contributed by atoms with van der Waals surface area (Å²) in [6.07, 6.45) is 1.58. The van der Waals surface area contributed by atoms with E-state index in [0.29, 0.717) is 0 Å². The van der Waals surface area contributed by atoms with Crippen molar-refractivity contribution < 1.29 is 0 Å². The summed E-state index contributed by atoms with van der Waals surface area (Å²) in [6, 6.07) is 6.48. The largest absolute Gasteiger partial charge is 0.316 e. The number of hydrogen-bond acceptors (Lipinski definition) is 4. The van der Waals surface area contributed by atoms with Crippen molar-refractivity contribution >= 4 is 11.8 Å². The summed E-state index contributed by atoms with van der Waals surface area (Å²) in [5, 5.41) is 8.13. The van der Waals surface area contributed by atoms with Crippen molar-refractivity contribution in [3.63, 3.8) is 0 Å². The van der Waals surface area contributed by atoms with E-state index in [9.17, 15) is 0 Å². The van der Waals surface area contributed by atoms with Gasteiger partial charge in [-0.05, 0) is 42.9 Å². The first kappa shape index (κ1) is 12.1. The van der Waals surface area contributed by atoms with Crippen LogP contribution >= 0.6 is 11.8 Å². The van der Waals surface area contributed by atoms with Gasteiger partial charge in [0.05, 0.1) is 0 Å². The molecule has 2 rings (SSSR count). The van der Waals surface area contributed by atoms with Crippen molar-refractivity contribution in [2.75, 3.05) is 7.05 Å². The van der Waals surface area contributed by atoms with E-state index < -0.39 is 0 Å². The van der Waals surface area contributed by atoms with E-state index >= 15 is 0 Å². The minimum Gasteiger partial charge on any atom is -0.316 e. The van der Waals surface area contributed by atoms with E-state index in [1.165, 1.54) is 16.0 Å². The molecule has 0 spiro atoms. The molecule has 0 aliphatic heterocycles. The summed E-state index contributed by atoms with van der Waals surface area (Å²) in [4.78, 5) is 5.44. The third-order valence-corrected chi connectivity index (χ3v) is 3.72. The second-order valence-electron chi connectivity index (χ2n) is 3.90. The lowest BCUT2D eigenvalue weighted by Crippen LogP contribution is -2.05. The smallest absolute Gasteiger partial charge is 0.190 e. The normalized spacial score (nSPS) is 10.8. The summed E-state index contributed by atoms with van der Waals surface area (Å²) in [7, 11) is 3.86. The van der Waals surface area contributed by atoms with E-state index in [4.69, 9.17) is 0 Å². The predicted octanol–water partition coefficient (Wildman–Crippen LogP) is 1.99. The molecule has 0 aliphatic rings. The molecule has 0 atom stereocenters. The molecule has 0 saturated heterocycles. The van der Waals surface area contributed by atoms with E-state index in [2.05, 4.69) is 40.5 Å². The van der Waals surface area contributed by atoms with Gasteiger partial charge in [-0.1, -0.05) is 12.1 Å². The maximum atomic E-state index is 4.21. The number of benzene rings is 1. The number of aryl methyl sites for hydroxylation is 2. The molecule has 90 valence electrons. The second kappa shape index (κ2) is 5.33. The first-order valence-corrected chi connectivity index (χ1v) is 6.28. The molecule has 0 aliphatic carbocycles. The minimum atomic E-state index is 0.899. The van der Waals surface area contributed by atoms with Gasteiger partial charge in [0, 0.05) is 18.5 Å². The van der Waals surface area contributed by atoms with Crippen LogP contribution in [0.2, 0.25) is 0 Å². The van der Waals surface area contributed by atoms with Gasteiger partial charge in [-0.2, -0.15) is 5.10 Å². The first-order chi connectivity index (χ1) is 8.20. The van der Waals surface area contributed by atoms with Crippen LogP contribution in [0.5, 0.6) is 0 Å². The fourth-order valence-electron chi connectivity index (χ4n) is 1.62. The van der Waals surface area contributed by atoms with E-state index in [-0.39, 0.29) is 0 Å². The summed E-state index contributed by atoms with van der Waals surface area (Å²) in [5.41, 5.74) is 2.57. The molecule has 17 heavy (non-hydrogen) atoms. The lowest BCUT2D eigenvalue weighted by Gasteiger charge is -2.07. The molecule has 1 heterocycles. The first-order valence-electron chi connectivity index (χ1n) is 5.46. The monoisotopic (exact) mass is 248 g/mol. The number of aromatic nitrogens is 3. The lowest BCUT2D eigenvalue weighted by molar-refractivity contribution is 0.685. The Morgan fingerprint density at radius 1 is 1.41 bits per heavy atom. The standard InChI is InChI=1S/C12H16N4S/c1-9-6-10(7-13-2)4-5-11(9)17-12-14-8-15-16(12)3/h4-6,8,13H,7H2,1-3H3. The number of nitrogens with one attached hydrogen (secondary N) is 1. The zero-order chi connectivity index (χ0) is 12.3. The fraction of sp³-hybridized carbons (Fsp3) is 0.333. The van der Waals surface area contributed by atoms with Gasteiger partial charge < -0.3 is 5.32 Å². The molecule has 0 fully saturated rings. The zero-order valence-corrected chi connectivity index (χ0v) is 11.1. The molecule has 0 bridgehead atoms. The zero-order valence-electron chi connectivity index (χ0n) is 10.3. The maximum absolute atomic E-state index is 4.21. The molecule has 1 N–H and O–H groups in total. The molecular formula is C12H16N4S. The number of hydrogen-bond donors (Lipinski definition) is 1. The Hall–Kier alpha value is -1.33. The molecule has 1 aromatic carbocycles. The molecule has 0 amide bonds. The molecule has 0 saturated carbocycles. The van der Waals surface area contributed by atoms with Crippen LogP contribution in [-0.4, -0.2) is 21.8 Å². The predicted molar refractivity (Wildman–Crippen MR) is 69.1 cm³/mol. The average Bonchev–Trinajstić information content (AvgIpc) is 2.69. The maximum Gasteiger partial charge on any atom is 0.190 e. The number of nitrogens with zero attached hydrogens (tertiary/aromatic N) is 3. The van der Waals surface area contributed by atoms with E-state index in [0.717, 1.165) is 11.7 Å². The van der Waals surface area contributed by atoms with E-state index in [1.54, 1.807) is 22.8 Å². The Morgan fingerprint density at radius 2 is 2.24 bits per heavy atom. The van der Waals surface area contributed by atoms with Crippen molar-refractivity contribution in [2.45, 2.75) is 23.5 Å². The van der Waals surface area contributed by atoms with Crippen molar-refractivity contribution in [2.24, 2.45) is 7.05 Å². The third kappa shape index (κ3) is 2.87. The van der Waals surface area contributed by atoms with Gasteiger partial charge >= 0.3 is 0 Å². The fourth-order valence-corrected chi connectivity index (χ4v) is 2.45. The van der Waals surface area contributed by atoms with Crippen LogP contribution < -0.4 is 5.32 Å². The highest BCUT2D eigenvalue weighted by molar-refractivity contribution is 7.99. The van der Waals surface area contributed by atoms with Gasteiger partial charge in [0.1, 0.15) is 6.33 Å². The highest BCUT2D eigenvalue weighted by Crippen LogP contribution is 2.28. The molecule has 0 radical (unpaired) electrons. The molecular weight excluding hydrogens is 232 g/mol. The van der Waals surface area contributed by atoms with Crippen LogP contribution in [0.15, 0.2) is 34.6 Å². The quantitative estimate of drug-likeness (QED) is 0.898. The minimum absolute atomic E-state index is 0.899. The topological polar surface area (TPSA) is 42.7 Å². The Balaban J connectivity index is 2.19. The summed E-state index contributed by atoms with van der Waals surface area (Å²) in [6.45, 7) is 3.02. The van der Waals surface area contributed by atoms with Gasteiger partial charge in [0.2, 0.25) is 0 Å². The van der Waals surface area contributed by atoms with Gasteiger partial charge in [0.25, 0.3) is 0 Å². The second-order valence-corrected chi connectivity index (χ2v) is 4.91. The Morgan fingerprint density at radius 3 is 2.82 bits per heavy atom. The molecule has 2 aromatic rings. The lowest BCUT2D eigenvalue weighted by atomic mass is 10.1. The van der Waals surface area contributed by atoms with Gasteiger partial charge in [-0.15, -0.1) is 0 Å². The van der Waals surface area contributed by atoms with Crippen LogP contribution in [-0.2, 0) is 13.6 Å². The van der Waals surface area contributed by atoms with Crippen molar-refractivity contribution in [1.82, 2.24) is 20.1 Å². The van der Waals surface area contributed by atoms with Crippen molar-refractivity contribution in [1.29, 1.82) is 0 Å². The van der Waals surface area contributed by atoms with Crippen LogP contribution in [0, 0.1) is 6.92 Å². The average molecular weight is 248 g/mol. The molecule has 0 unspecified atom stereocenters. The third-order valence-electron chi connectivity index (χ3n) is 2.49. The SMILES string of the molecule is CNCc1ccc(Sc2ncnn2C)c(C)c1. The Bertz CT molecular complexity index is 507. The molecule has 1 aromatic heterocycles. The Labute approximate surface area is 105 Å². The Kier molecular flexibility index (Phi) is 3.81. The summed E-state index contributed by atoms with van der Waals surface area (Å²) in [5.74, 6) is 0. The van der Waals surface area contributed by atoms with Crippen LogP contribution in [0.25, 0.3) is 0 Å². The summed E-state index contributed by atoms with van der Waals surface area (Å²) < 4.78 is 1.78. The van der Waals surface area contributed by atoms with Crippen molar-refractivity contribution in [3.05, 3.63) is 35.7 Å². The molecule has 5 heteroatoms. The summed E-state index contributed by atoms with van der Waals surface area (Å²) >= 11 is 1.64. The van der Waals surface area contributed by atoms with Crippen LogP contribution in [0.1, 0.15) is 11.1 Å². The number of rotatable bonds is 4.